The Morgan fingerprint density at radius 2 is 2.05 bits per heavy atom. The maximum atomic E-state index is 9.94. The number of phenols is 1. The minimum absolute atomic E-state index is 0.0446. The maximum Gasteiger partial charge on any atom is 0.120 e. The lowest BCUT2D eigenvalue weighted by Gasteiger charge is -2.21. The zero-order valence-electron chi connectivity index (χ0n) is 12.7. The summed E-state index contributed by atoms with van der Waals surface area (Å²) in [6.07, 6.45) is 3.03. The van der Waals surface area contributed by atoms with Crippen molar-refractivity contribution in [2.75, 3.05) is 20.3 Å². The summed E-state index contributed by atoms with van der Waals surface area (Å²) in [4.78, 5) is 0. The summed E-state index contributed by atoms with van der Waals surface area (Å²) in [6.45, 7) is 5.25. The van der Waals surface area contributed by atoms with Gasteiger partial charge in [0.05, 0.1) is 7.11 Å². The number of aliphatic hydroxyl groups is 1. The van der Waals surface area contributed by atoms with E-state index >= 15 is 0 Å². The molecule has 114 valence electrons. The van der Waals surface area contributed by atoms with Crippen molar-refractivity contribution in [3.8, 4) is 11.5 Å². The minimum atomic E-state index is 0.0446. The standard InChI is InChI=1S/C16H27NO3/c1-4-5-13(8-9-18)11-17-12(2)15-10-14(20-3)6-7-16(15)19/h6-7,10,12-13,17-19H,4-5,8-9,11H2,1-3H3. The number of aliphatic hydroxyl groups excluding tert-OH is 1. The zero-order valence-corrected chi connectivity index (χ0v) is 12.7. The summed E-state index contributed by atoms with van der Waals surface area (Å²) in [5.74, 6) is 1.49. The second kappa shape index (κ2) is 8.82. The predicted octanol–water partition coefficient (Wildman–Crippen LogP) is 2.85. The van der Waals surface area contributed by atoms with E-state index in [1.54, 1.807) is 19.2 Å². The molecule has 0 bridgehead atoms. The van der Waals surface area contributed by atoms with E-state index < -0.39 is 0 Å². The van der Waals surface area contributed by atoms with Gasteiger partial charge in [-0.25, -0.2) is 0 Å². The normalized spacial score (nSPS) is 14.0. The molecule has 0 aliphatic heterocycles. The average molecular weight is 281 g/mol. The molecular formula is C16H27NO3. The molecule has 0 amide bonds. The highest BCUT2D eigenvalue weighted by Gasteiger charge is 2.14. The van der Waals surface area contributed by atoms with Gasteiger partial charge in [-0.05, 0) is 50.4 Å². The SMILES string of the molecule is CCCC(CCO)CNC(C)c1cc(OC)ccc1O. The van der Waals surface area contributed by atoms with Crippen LogP contribution < -0.4 is 10.1 Å². The Labute approximate surface area is 121 Å². The third-order valence-electron chi connectivity index (χ3n) is 3.65. The molecule has 3 N–H and O–H groups in total. The molecule has 1 aromatic rings. The first-order valence-electron chi connectivity index (χ1n) is 7.33. The van der Waals surface area contributed by atoms with E-state index in [0.717, 1.165) is 37.1 Å². The molecule has 4 heteroatoms. The number of ether oxygens (including phenoxy) is 1. The highest BCUT2D eigenvalue weighted by molar-refractivity contribution is 5.41. The first-order chi connectivity index (χ1) is 9.62. The molecular weight excluding hydrogens is 254 g/mol. The summed E-state index contributed by atoms with van der Waals surface area (Å²) in [5.41, 5.74) is 0.837. The lowest BCUT2D eigenvalue weighted by molar-refractivity contribution is 0.245. The average Bonchev–Trinajstić information content (AvgIpc) is 2.45. The predicted molar refractivity (Wildman–Crippen MR) is 81.2 cm³/mol. The molecule has 1 aromatic carbocycles. The lowest BCUT2D eigenvalue weighted by atomic mass is 9.99. The van der Waals surface area contributed by atoms with E-state index in [9.17, 15) is 5.11 Å². The first kappa shape index (κ1) is 16.8. The minimum Gasteiger partial charge on any atom is -0.508 e. The van der Waals surface area contributed by atoms with Crippen molar-refractivity contribution < 1.29 is 14.9 Å². The quantitative estimate of drug-likeness (QED) is 0.651. The molecule has 2 unspecified atom stereocenters. The number of rotatable bonds is 9. The van der Waals surface area contributed by atoms with E-state index in [4.69, 9.17) is 9.84 Å². The van der Waals surface area contributed by atoms with Crippen molar-refractivity contribution in [2.45, 2.75) is 39.2 Å². The molecule has 0 fully saturated rings. The van der Waals surface area contributed by atoms with Gasteiger partial charge < -0.3 is 20.3 Å². The number of hydrogen-bond acceptors (Lipinski definition) is 4. The molecule has 0 saturated carbocycles. The van der Waals surface area contributed by atoms with Gasteiger partial charge in [0, 0.05) is 18.2 Å². The summed E-state index contributed by atoms with van der Waals surface area (Å²) in [7, 11) is 1.62. The number of aromatic hydroxyl groups is 1. The van der Waals surface area contributed by atoms with Gasteiger partial charge in [-0.1, -0.05) is 13.3 Å². The van der Waals surface area contributed by atoms with Crippen LogP contribution in [0.25, 0.3) is 0 Å². The van der Waals surface area contributed by atoms with E-state index in [-0.39, 0.29) is 18.4 Å². The van der Waals surface area contributed by atoms with Gasteiger partial charge in [-0.3, -0.25) is 0 Å². The fourth-order valence-electron chi connectivity index (χ4n) is 2.40. The molecule has 0 heterocycles. The van der Waals surface area contributed by atoms with Gasteiger partial charge in [0.1, 0.15) is 11.5 Å². The van der Waals surface area contributed by atoms with Gasteiger partial charge >= 0.3 is 0 Å². The largest absolute Gasteiger partial charge is 0.508 e. The number of hydrogen-bond donors (Lipinski definition) is 3. The molecule has 0 aromatic heterocycles. The topological polar surface area (TPSA) is 61.7 Å². The van der Waals surface area contributed by atoms with Crippen LogP contribution in [0, 0.1) is 5.92 Å². The third kappa shape index (κ3) is 5.02. The van der Waals surface area contributed by atoms with Crippen LogP contribution in [0.1, 0.15) is 44.7 Å². The highest BCUT2D eigenvalue weighted by atomic mass is 16.5. The van der Waals surface area contributed by atoms with Gasteiger partial charge in [-0.15, -0.1) is 0 Å². The highest BCUT2D eigenvalue weighted by Crippen LogP contribution is 2.28. The Hall–Kier alpha value is -1.26. The maximum absolute atomic E-state index is 9.94. The van der Waals surface area contributed by atoms with Gasteiger partial charge in [0.25, 0.3) is 0 Å². The molecule has 2 atom stereocenters. The van der Waals surface area contributed by atoms with Crippen LogP contribution >= 0.6 is 0 Å². The van der Waals surface area contributed by atoms with E-state index in [1.165, 1.54) is 0 Å². The second-order valence-corrected chi connectivity index (χ2v) is 5.22. The Morgan fingerprint density at radius 3 is 2.65 bits per heavy atom. The van der Waals surface area contributed by atoms with Crippen molar-refractivity contribution in [1.82, 2.24) is 5.32 Å². The monoisotopic (exact) mass is 281 g/mol. The van der Waals surface area contributed by atoms with E-state index in [1.807, 2.05) is 13.0 Å². The van der Waals surface area contributed by atoms with Crippen molar-refractivity contribution >= 4 is 0 Å². The van der Waals surface area contributed by atoms with Crippen LogP contribution in [-0.4, -0.2) is 30.5 Å². The molecule has 1 rings (SSSR count). The summed E-state index contributed by atoms with van der Waals surface area (Å²) in [6, 6.07) is 5.30. The lowest BCUT2D eigenvalue weighted by Crippen LogP contribution is -2.26. The first-order valence-corrected chi connectivity index (χ1v) is 7.33. The third-order valence-corrected chi connectivity index (χ3v) is 3.65. The van der Waals surface area contributed by atoms with Crippen molar-refractivity contribution in [3.63, 3.8) is 0 Å². The molecule has 0 radical (unpaired) electrons. The Bertz CT molecular complexity index is 389. The number of benzene rings is 1. The van der Waals surface area contributed by atoms with Crippen molar-refractivity contribution in [1.29, 1.82) is 0 Å². The second-order valence-electron chi connectivity index (χ2n) is 5.22. The number of methoxy groups -OCH3 is 1. The van der Waals surface area contributed by atoms with Crippen molar-refractivity contribution in [3.05, 3.63) is 23.8 Å². The molecule has 4 nitrogen and oxygen atoms in total. The Kier molecular flexibility index (Phi) is 7.41. The van der Waals surface area contributed by atoms with Gasteiger partial charge in [0.2, 0.25) is 0 Å². The smallest absolute Gasteiger partial charge is 0.120 e. The zero-order chi connectivity index (χ0) is 15.0. The molecule has 20 heavy (non-hydrogen) atoms. The Morgan fingerprint density at radius 1 is 1.30 bits per heavy atom. The summed E-state index contributed by atoms with van der Waals surface area (Å²) in [5, 5.41) is 22.4. The summed E-state index contributed by atoms with van der Waals surface area (Å²) < 4.78 is 5.19. The Balaban J connectivity index is 2.63. The van der Waals surface area contributed by atoms with E-state index in [2.05, 4.69) is 12.2 Å². The summed E-state index contributed by atoms with van der Waals surface area (Å²) >= 11 is 0. The fourth-order valence-corrected chi connectivity index (χ4v) is 2.40. The van der Waals surface area contributed by atoms with Crippen LogP contribution in [0.2, 0.25) is 0 Å². The molecule has 0 spiro atoms. The number of nitrogens with one attached hydrogen (secondary N) is 1. The molecule has 0 aliphatic carbocycles. The van der Waals surface area contributed by atoms with Crippen molar-refractivity contribution in [2.24, 2.45) is 5.92 Å². The molecule has 0 saturated heterocycles. The number of phenolic OH excluding ortho intramolecular Hbond substituents is 1. The van der Waals surface area contributed by atoms with E-state index in [0.29, 0.717) is 5.92 Å². The van der Waals surface area contributed by atoms with Gasteiger partial charge in [0.15, 0.2) is 0 Å². The van der Waals surface area contributed by atoms with Crippen LogP contribution in [-0.2, 0) is 0 Å². The van der Waals surface area contributed by atoms with Crippen LogP contribution in [0.5, 0.6) is 11.5 Å². The van der Waals surface area contributed by atoms with Gasteiger partial charge in [-0.2, -0.15) is 0 Å². The van der Waals surface area contributed by atoms with Crippen LogP contribution in [0.3, 0.4) is 0 Å². The fraction of sp³-hybridized carbons (Fsp3) is 0.625. The van der Waals surface area contributed by atoms with Crippen LogP contribution in [0.4, 0.5) is 0 Å². The molecule has 0 aliphatic rings. The van der Waals surface area contributed by atoms with Crippen LogP contribution in [0.15, 0.2) is 18.2 Å².